The molecule has 126 valence electrons. The fourth-order valence-corrected chi connectivity index (χ4v) is 2.35. The largest absolute Gasteiger partial charge is 0.497 e. The highest BCUT2D eigenvalue weighted by Gasteiger charge is 2.27. The lowest BCUT2D eigenvalue weighted by atomic mass is 9.87. The van der Waals surface area contributed by atoms with E-state index in [0.29, 0.717) is 17.0 Å². The molecule has 0 amide bonds. The van der Waals surface area contributed by atoms with Crippen LogP contribution in [-0.2, 0) is 0 Å². The third-order valence-corrected chi connectivity index (χ3v) is 3.78. The van der Waals surface area contributed by atoms with Gasteiger partial charge in [-0.15, -0.1) is 0 Å². The van der Waals surface area contributed by atoms with Gasteiger partial charge in [0.05, 0.1) is 24.1 Å². The lowest BCUT2D eigenvalue weighted by Gasteiger charge is -2.16. The molecule has 1 aromatic heterocycles. The molecule has 1 N–H and O–H groups in total. The smallest absolute Gasteiger partial charge is 0.171 e. The molecular weight excluding hydrogens is 300 g/mol. The highest BCUT2D eigenvalue weighted by molar-refractivity contribution is 6.11. The average molecular weight is 324 g/mol. The van der Waals surface area contributed by atoms with E-state index in [1.807, 2.05) is 52.0 Å². The van der Waals surface area contributed by atoms with Crippen molar-refractivity contribution in [1.29, 1.82) is 0 Å². The Kier molecular flexibility index (Phi) is 5.07. The minimum atomic E-state index is -0.465. The maximum atomic E-state index is 12.7. The predicted octanol–water partition coefficient (Wildman–Crippen LogP) is 4.87. The molecule has 0 unspecified atom stereocenters. The molecule has 0 aliphatic heterocycles. The molecule has 0 radical (unpaired) electrons. The number of nitrogens with one attached hydrogen (secondary N) is 1. The number of H-pyrrole nitrogens is 1. The molecule has 0 aliphatic rings. The number of ether oxygens (including phenoxy) is 1. The summed E-state index contributed by atoms with van der Waals surface area (Å²) >= 11 is 0. The third-order valence-electron chi connectivity index (χ3n) is 3.78. The van der Waals surface area contributed by atoms with Gasteiger partial charge in [-0.3, -0.25) is 4.79 Å². The van der Waals surface area contributed by atoms with Crippen LogP contribution in [0.25, 0.3) is 0 Å². The number of hydrogen-bond acceptors (Lipinski definition) is 3. The molecule has 0 spiro atoms. The summed E-state index contributed by atoms with van der Waals surface area (Å²) in [4.78, 5) is 20.5. The number of carbonyl (C=O) groups excluding carboxylic acids is 1. The van der Waals surface area contributed by atoms with Crippen molar-refractivity contribution in [2.45, 2.75) is 27.7 Å². The van der Waals surface area contributed by atoms with Gasteiger partial charge in [0.15, 0.2) is 5.78 Å². The Hall–Kier alpha value is -2.62. The first kappa shape index (κ1) is 17.7. The Morgan fingerprint density at radius 3 is 2.38 bits per heavy atom. The number of ketones is 1. The van der Waals surface area contributed by atoms with E-state index >= 15 is 0 Å². The Morgan fingerprint density at radius 1 is 1.25 bits per heavy atom. The molecule has 1 heterocycles. The molecule has 0 saturated carbocycles. The van der Waals surface area contributed by atoms with Crippen molar-refractivity contribution < 1.29 is 9.53 Å². The van der Waals surface area contributed by atoms with E-state index in [9.17, 15) is 4.79 Å². The van der Waals surface area contributed by atoms with Crippen molar-refractivity contribution in [1.82, 2.24) is 4.98 Å². The summed E-state index contributed by atoms with van der Waals surface area (Å²) < 4.78 is 5.18. The van der Waals surface area contributed by atoms with Gasteiger partial charge >= 0.3 is 0 Å². The van der Waals surface area contributed by atoms with Crippen LogP contribution in [0, 0.1) is 12.3 Å². The number of hydrogen-bond donors (Lipinski definition) is 1. The van der Waals surface area contributed by atoms with Crippen LogP contribution in [0.5, 0.6) is 5.75 Å². The SMILES string of the molecule is C=C/C(=N\c1c(C(=O)C(C)(C)C)c[nH]c1C)c1ccc(OC)cc1. The van der Waals surface area contributed by atoms with Crippen molar-refractivity contribution in [2.24, 2.45) is 10.4 Å². The Bertz CT molecular complexity index is 775. The van der Waals surface area contributed by atoms with E-state index in [-0.39, 0.29) is 5.78 Å². The van der Waals surface area contributed by atoms with Crippen LogP contribution < -0.4 is 4.74 Å². The monoisotopic (exact) mass is 324 g/mol. The first-order valence-corrected chi connectivity index (χ1v) is 7.86. The topological polar surface area (TPSA) is 54.5 Å². The van der Waals surface area contributed by atoms with E-state index in [1.165, 1.54) is 0 Å². The molecule has 0 saturated heterocycles. The number of aryl methyl sites for hydroxylation is 1. The van der Waals surface area contributed by atoms with Crippen LogP contribution in [0.1, 0.15) is 42.4 Å². The second-order valence-corrected chi connectivity index (χ2v) is 6.68. The number of carbonyl (C=O) groups is 1. The zero-order valence-electron chi connectivity index (χ0n) is 14.9. The summed E-state index contributed by atoms with van der Waals surface area (Å²) in [7, 11) is 1.63. The summed E-state index contributed by atoms with van der Waals surface area (Å²) in [6.45, 7) is 11.5. The van der Waals surface area contributed by atoms with Crippen molar-refractivity contribution in [3.63, 3.8) is 0 Å². The maximum Gasteiger partial charge on any atom is 0.171 e. The van der Waals surface area contributed by atoms with E-state index in [1.54, 1.807) is 19.4 Å². The maximum absolute atomic E-state index is 12.7. The summed E-state index contributed by atoms with van der Waals surface area (Å²) in [6, 6.07) is 7.60. The van der Waals surface area contributed by atoms with Crippen LogP contribution in [-0.4, -0.2) is 23.6 Å². The quantitative estimate of drug-likeness (QED) is 0.630. The summed E-state index contributed by atoms with van der Waals surface area (Å²) in [5, 5.41) is 0. The van der Waals surface area contributed by atoms with Gasteiger partial charge in [0.25, 0.3) is 0 Å². The molecule has 0 fully saturated rings. The lowest BCUT2D eigenvalue weighted by molar-refractivity contribution is 0.0859. The third kappa shape index (κ3) is 3.65. The fraction of sp³-hybridized carbons (Fsp3) is 0.300. The number of aliphatic imine (C=N–C) groups is 1. The highest BCUT2D eigenvalue weighted by atomic mass is 16.5. The van der Waals surface area contributed by atoms with Crippen LogP contribution in [0.2, 0.25) is 0 Å². The van der Waals surface area contributed by atoms with Gasteiger partial charge in [-0.1, -0.05) is 27.4 Å². The zero-order valence-corrected chi connectivity index (χ0v) is 14.9. The average Bonchev–Trinajstić information content (AvgIpc) is 2.91. The molecule has 24 heavy (non-hydrogen) atoms. The summed E-state index contributed by atoms with van der Waals surface area (Å²) in [5.41, 5.74) is 3.29. The van der Waals surface area contributed by atoms with Gasteiger partial charge in [-0.25, -0.2) is 4.99 Å². The van der Waals surface area contributed by atoms with E-state index in [4.69, 9.17) is 9.73 Å². The fourth-order valence-electron chi connectivity index (χ4n) is 2.35. The van der Waals surface area contributed by atoms with Crippen molar-refractivity contribution >= 4 is 17.2 Å². The molecule has 1 aromatic carbocycles. The first-order chi connectivity index (χ1) is 11.3. The lowest BCUT2D eigenvalue weighted by Crippen LogP contribution is -2.19. The second-order valence-electron chi connectivity index (χ2n) is 6.68. The number of allylic oxidation sites excluding steroid dienone is 1. The normalized spacial score (nSPS) is 12.1. The molecule has 4 nitrogen and oxygen atoms in total. The molecule has 4 heteroatoms. The van der Waals surface area contributed by atoms with Gasteiger partial charge < -0.3 is 9.72 Å². The van der Waals surface area contributed by atoms with E-state index in [0.717, 1.165) is 17.0 Å². The molecule has 0 atom stereocenters. The molecule has 0 bridgehead atoms. The van der Waals surface area contributed by atoms with Gasteiger partial charge in [-0.2, -0.15) is 0 Å². The van der Waals surface area contributed by atoms with Crippen LogP contribution in [0.4, 0.5) is 5.69 Å². The number of benzene rings is 1. The van der Waals surface area contributed by atoms with Gasteiger partial charge in [0, 0.05) is 22.9 Å². The van der Waals surface area contributed by atoms with Crippen LogP contribution >= 0.6 is 0 Å². The Morgan fingerprint density at radius 2 is 1.88 bits per heavy atom. The summed E-state index contributed by atoms with van der Waals surface area (Å²) in [5.74, 6) is 0.840. The molecule has 2 aromatic rings. The first-order valence-electron chi connectivity index (χ1n) is 7.86. The predicted molar refractivity (Wildman–Crippen MR) is 98.7 cm³/mol. The number of rotatable bonds is 5. The number of methoxy groups -OCH3 is 1. The van der Waals surface area contributed by atoms with Gasteiger partial charge in [0.1, 0.15) is 5.75 Å². The summed E-state index contributed by atoms with van der Waals surface area (Å²) in [6.07, 6.45) is 3.43. The molecule has 2 rings (SSSR count). The minimum Gasteiger partial charge on any atom is -0.497 e. The van der Waals surface area contributed by atoms with Crippen LogP contribution in [0.15, 0.2) is 48.1 Å². The number of Topliss-reactive ketones (excluding diaryl/α,β-unsaturated/α-hetero) is 1. The Labute approximate surface area is 143 Å². The van der Waals surface area contributed by atoms with Crippen molar-refractivity contribution in [2.75, 3.05) is 7.11 Å². The molecular formula is C20H24N2O2. The minimum absolute atomic E-state index is 0.0590. The van der Waals surface area contributed by atoms with E-state index < -0.39 is 5.41 Å². The van der Waals surface area contributed by atoms with Crippen LogP contribution in [0.3, 0.4) is 0 Å². The standard InChI is InChI=1S/C20H24N2O2/c1-7-17(14-8-10-15(24-6)11-9-14)22-18-13(2)21-12-16(18)19(23)20(3,4)5/h7-12,21H,1H2,2-6H3/b22-17+. The number of nitrogens with zero attached hydrogens (tertiary/aromatic N) is 1. The van der Waals surface area contributed by atoms with E-state index in [2.05, 4.69) is 11.6 Å². The number of aromatic nitrogens is 1. The molecule has 0 aliphatic carbocycles. The highest BCUT2D eigenvalue weighted by Crippen LogP contribution is 2.31. The zero-order chi connectivity index (χ0) is 17.9. The number of aromatic amines is 1. The van der Waals surface area contributed by atoms with Gasteiger partial charge in [0.2, 0.25) is 0 Å². The second kappa shape index (κ2) is 6.87. The Balaban J connectivity index is 2.50. The van der Waals surface area contributed by atoms with Gasteiger partial charge in [-0.05, 0) is 37.3 Å². The van der Waals surface area contributed by atoms with Crippen molar-refractivity contribution in [3.8, 4) is 5.75 Å². The van der Waals surface area contributed by atoms with Crippen molar-refractivity contribution in [3.05, 3.63) is 59.9 Å².